The van der Waals surface area contributed by atoms with Crippen molar-refractivity contribution in [3.63, 3.8) is 0 Å². The highest BCUT2D eigenvalue weighted by Gasteiger charge is 2.04. The molecule has 3 aromatic heterocycles. The Kier molecular flexibility index (Phi) is 1.92. The predicted molar refractivity (Wildman–Crippen MR) is 57.7 cm³/mol. The Balaban J connectivity index is 1.99. The molecule has 3 aromatic rings. The van der Waals surface area contributed by atoms with Crippen LogP contribution in [0.15, 0.2) is 24.9 Å². The van der Waals surface area contributed by atoms with Crippen LogP contribution in [-0.2, 0) is 6.54 Å². The zero-order valence-electron chi connectivity index (χ0n) is 8.75. The van der Waals surface area contributed by atoms with Crippen LogP contribution in [0.2, 0.25) is 0 Å². The van der Waals surface area contributed by atoms with Gasteiger partial charge in [-0.25, -0.2) is 19.6 Å². The minimum Gasteiger partial charge on any atom is -0.339 e. The molecular weight excluding hydrogens is 204 g/mol. The molecule has 6 nitrogen and oxygen atoms in total. The number of fused-ring (bicyclic) bond motifs is 1. The maximum Gasteiger partial charge on any atom is 0.177 e. The van der Waals surface area contributed by atoms with Crippen molar-refractivity contribution in [1.29, 1.82) is 0 Å². The molecule has 0 spiro atoms. The quantitative estimate of drug-likeness (QED) is 0.688. The Morgan fingerprint density at radius 2 is 2.38 bits per heavy atom. The second kappa shape index (κ2) is 3.41. The standard InChI is InChI=1S/C10H10N6/c1-7-2-8-10(12-3-7)15-9(14-8)4-16-6-11-5-13-16/h2-3,5-6H,4H2,1H3,(H,12,14,15). The number of rotatable bonds is 2. The first kappa shape index (κ1) is 9.02. The average Bonchev–Trinajstić information content (AvgIpc) is 2.86. The Hall–Kier alpha value is -2.24. The summed E-state index contributed by atoms with van der Waals surface area (Å²) in [6.07, 6.45) is 4.97. The third-order valence-corrected chi connectivity index (χ3v) is 2.30. The molecule has 3 rings (SSSR count). The molecule has 0 amide bonds. The largest absolute Gasteiger partial charge is 0.339 e. The van der Waals surface area contributed by atoms with Gasteiger partial charge in [-0.15, -0.1) is 0 Å². The van der Waals surface area contributed by atoms with E-state index in [1.807, 2.05) is 19.2 Å². The van der Waals surface area contributed by atoms with Gasteiger partial charge in [0.05, 0.1) is 5.52 Å². The van der Waals surface area contributed by atoms with Gasteiger partial charge in [-0.2, -0.15) is 5.10 Å². The van der Waals surface area contributed by atoms with Crippen molar-refractivity contribution in [1.82, 2.24) is 29.7 Å². The van der Waals surface area contributed by atoms with Crippen LogP contribution in [0.4, 0.5) is 0 Å². The van der Waals surface area contributed by atoms with E-state index < -0.39 is 0 Å². The van der Waals surface area contributed by atoms with Gasteiger partial charge < -0.3 is 4.98 Å². The van der Waals surface area contributed by atoms with Crippen LogP contribution < -0.4 is 0 Å². The molecular formula is C10H10N6. The first-order valence-electron chi connectivity index (χ1n) is 4.95. The molecule has 1 N–H and O–H groups in total. The third kappa shape index (κ3) is 1.54. The molecule has 0 aliphatic heterocycles. The number of H-pyrrole nitrogens is 1. The van der Waals surface area contributed by atoms with Gasteiger partial charge in [0.1, 0.15) is 25.0 Å². The number of imidazole rings is 1. The molecule has 6 heteroatoms. The fraction of sp³-hybridized carbons (Fsp3) is 0.200. The summed E-state index contributed by atoms with van der Waals surface area (Å²) in [5.74, 6) is 0.832. The summed E-state index contributed by atoms with van der Waals surface area (Å²) in [6.45, 7) is 2.58. The maximum absolute atomic E-state index is 4.37. The number of aryl methyl sites for hydroxylation is 1. The third-order valence-electron chi connectivity index (χ3n) is 2.30. The molecule has 0 saturated heterocycles. The molecule has 0 bridgehead atoms. The molecule has 0 aliphatic rings. The number of nitrogens with one attached hydrogen (secondary N) is 1. The number of aromatic amines is 1. The van der Waals surface area contributed by atoms with E-state index in [1.54, 1.807) is 11.0 Å². The second-order valence-corrected chi connectivity index (χ2v) is 3.66. The minimum absolute atomic E-state index is 0.579. The minimum atomic E-state index is 0.579. The van der Waals surface area contributed by atoms with Crippen LogP contribution >= 0.6 is 0 Å². The lowest BCUT2D eigenvalue weighted by Gasteiger charge is -1.94. The van der Waals surface area contributed by atoms with Crippen LogP contribution in [-0.4, -0.2) is 29.7 Å². The lowest BCUT2D eigenvalue weighted by atomic mass is 10.3. The molecule has 16 heavy (non-hydrogen) atoms. The highest BCUT2D eigenvalue weighted by Crippen LogP contribution is 2.10. The van der Waals surface area contributed by atoms with Gasteiger partial charge >= 0.3 is 0 Å². The average molecular weight is 214 g/mol. The van der Waals surface area contributed by atoms with E-state index in [0.29, 0.717) is 6.54 Å². The van der Waals surface area contributed by atoms with Gasteiger partial charge in [0, 0.05) is 6.20 Å². The van der Waals surface area contributed by atoms with Gasteiger partial charge in [-0.1, -0.05) is 0 Å². The topological polar surface area (TPSA) is 72.3 Å². The van der Waals surface area contributed by atoms with Crippen molar-refractivity contribution in [2.45, 2.75) is 13.5 Å². The molecule has 0 aromatic carbocycles. The number of aromatic nitrogens is 6. The summed E-state index contributed by atoms with van der Waals surface area (Å²) in [5.41, 5.74) is 2.80. The van der Waals surface area contributed by atoms with Gasteiger partial charge in [0.2, 0.25) is 0 Å². The van der Waals surface area contributed by atoms with E-state index in [9.17, 15) is 0 Å². The zero-order chi connectivity index (χ0) is 11.0. The monoisotopic (exact) mass is 214 g/mol. The lowest BCUT2D eigenvalue weighted by molar-refractivity contribution is 0.661. The van der Waals surface area contributed by atoms with Crippen LogP contribution in [0.3, 0.4) is 0 Å². The fourth-order valence-corrected chi connectivity index (χ4v) is 1.60. The van der Waals surface area contributed by atoms with Crippen molar-refractivity contribution in [3.05, 3.63) is 36.3 Å². The summed E-state index contributed by atoms with van der Waals surface area (Å²) in [4.78, 5) is 15.7. The first-order valence-corrected chi connectivity index (χ1v) is 4.95. The molecule has 0 radical (unpaired) electrons. The number of pyridine rings is 1. The predicted octanol–water partition coefficient (Wildman–Crippen LogP) is 0.906. The smallest absolute Gasteiger partial charge is 0.177 e. The number of hydrogen-bond acceptors (Lipinski definition) is 4. The SMILES string of the molecule is Cc1cnc2nc(Cn3cncn3)[nH]c2c1. The van der Waals surface area contributed by atoms with Crippen LogP contribution in [0.1, 0.15) is 11.4 Å². The zero-order valence-corrected chi connectivity index (χ0v) is 8.75. The van der Waals surface area contributed by atoms with Crippen molar-refractivity contribution < 1.29 is 0 Å². The van der Waals surface area contributed by atoms with Crippen molar-refractivity contribution in [2.75, 3.05) is 0 Å². The maximum atomic E-state index is 4.37. The van der Waals surface area contributed by atoms with Crippen molar-refractivity contribution in [2.24, 2.45) is 0 Å². The summed E-state index contributed by atoms with van der Waals surface area (Å²) in [6, 6.07) is 2.03. The molecule has 0 aliphatic carbocycles. The van der Waals surface area contributed by atoms with Gasteiger partial charge in [0.25, 0.3) is 0 Å². The molecule has 3 heterocycles. The molecule has 0 unspecified atom stereocenters. The highest BCUT2D eigenvalue weighted by atomic mass is 15.3. The molecule has 0 atom stereocenters. The van der Waals surface area contributed by atoms with Gasteiger partial charge in [-0.05, 0) is 18.6 Å². The summed E-state index contributed by atoms with van der Waals surface area (Å²) >= 11 is 0. The van der Waals surface area contributed by atoms with E-state index in [4.69, 9.17) is 0 Å². The van der Waals surface area contributed by atoms with Crippen LogP contribution in [0.5, 0.6) is 0 Å². The van der Waals surface area contributed by atoms with E-state index in [-0.39, 0.29) is 0 Å². The lowest BCUT2D eigenvalue weighted by Crippen LogP contribution is -2.01. The molecule has 0 saturated carbocycles. The summed E-state index contributed by atoms with van der Waals surface area (Å²) < 4.78 is 1.71. The summed E-state index contributed by atoms with van der Waals surface area (Å²) in [5, 5.41) is 4.02. The normalized spacial score (nSPS) is 11.1. The second-order valence-electron chi connectivity index (χ2n) is 3.66. The highest BCUT2D eigenvalue weighted by molar-refractivity contribution is 5.70. The van der Waals surface area contributed by atoms with E-state index >= 15 is 0 Å². The number of hydrogen-bond donors (Lipinski definition) is 1. The fourth-order valence-electron chi connectivity index (χ4n) is 1.60. The van der Waals surface area contributed by atoms with E-state index in [2.05, 4.69) is 25.0 Å². The van der Waals surface area contributed by atoms with Crippen molar-refractivity contribution in [3.8, 4) is 0 Å². The summed E-state index contributed by atoms with van der Waals surface area (Å²) in [7, 11) is 0. The van der Waals surface area contributed by atoms with Gasteiger partial charge in [0.15, 0.2) is 5.65 Å². The molecule has 80 valence electrons. The van der Waals surface area contributed by atoms with E-state index in [1.165, 1.54) is 6.33 Å². The van der Waals surface area contributed by atoms with Gasteiger partial charge in [-0.3, -0.25) is 0 Å². The molecule has 0 fully saturated rings. The van der Waals surface area contributed by atoms with Crippen LogP contribution in [0, 0.1) is 6.92 Å². The number of nitrogens with zero attached hydrogens (tertiary/aromatic N) is 5. The van der Waals surface area contributed by atoms with Crippen LogP contribution in [0.25, 0.3) is 11.2 Å². The Morgan fingerprint density at radius 3 is 3.19 bits per heavy atom. The Bertz CT molecular complexity index is 609. The van der Waals surface area contributed by atoms with Crippen molar-refractivity contribution >= 4 is 11.2 Å². The Morgan fingerprint density at radius 1 is 1.44 bits per heavy atom. The first-order chi connectivity index (χ1) is 7.81. The Labute approximate surface area is 91.4 Å². The van der Waals surface area contributed by atoms with E-state index in [0.717, 1.165) is 22.6 Å².